The SMILES string of the molecule is Cc1ccc2nc(CC(C(N)=O)[C@H](C)c3ccc(Cl)cc3)n(Cc3ccc(F)cc3)c2n1. The Labute approximate surface area is 191 Å². The Hall–Kier alpha value is -3.25. The van der Waals surface area contributed by atoms with Gasteiger partial charge in [-0.05, 0) is 60.4 Å². The van der Waals surface area contributed by atoms with E-state index >= 15 is 0 Å². The molecule has 0 saturated heterocycles. The molecular weight excluding hydrogens is 427 g/mol. The Morgan fingerprint density at radius 3 is 2.41 bits per heavy atom. The van der Waals surface area contributed by atoms with Gasteiger partial charge < -0.3 is 10.3 Å². The number of imidazole rings is 1. The fraction of sp³-hybridized carbons (Fsp3) is 0.240. The largest absolute Gasteiger partial charge is 0.369 e. The standard InChI is InChI=1S/C25H24ClFN4O/c1-15-3-12-22-25(29-15)31(14-17-4-10-20(27)11-5-17)23(30-22)13-21(24(28)32)16(2)18-6-8-19(26)9-7-18/h3-12,16,21H,13-14H2,1-2H3,(H2,28,32)/t16-,21?/m1/s1. The van der Waals surface area contributed by atoms with E-state index in [2.05, 4.69) is 4.98 Å². The molecule has 2 atom stereocenters. The second-order valence-corrected chi connectivity index (χ2v) is 8.53. The molecule has 0 aliphatic carbocycles. The van der Waals surface area contributed by atoms with Crippen LogP contribution in [0.3, 0.4) is 0 Å². The molecule has 2 N–H and O–H groups in total. The van der Waals surface area contributed by atoms with Crippen LogP contribution in [-0.2, 0) is 17.8 Å². The summed E-state index contributed by atoms with van der Waals surface area (Å²) in [6.45, 7) is 4.36. The number of nitrogens with two attached hydrogens (primary N) is 1. The van der Waals surface area contributed by atoms with E-state index in [1.54, 1.807) is 12.1 Å². The van der Waals surface area contributed by atoms with Crippen molar-refractivity contribution in [1.82, 2.24) is 14.5 Å². The minimum absolute atomic E-state index is 0.126. The summed E-state index contributed by atoms with van der Waals surface area (Å²) in [5, 5.41) is 0.638. The van der Waals surface area contributed by atoms with Gasteiger partial charge in [-0.1, -0.05) is 42.8 Å². The maximum atomic E-state index is 13.4. The fourth-order valence-corrected chi connectivity index (χ4v) is 4.08. The smallest absolute Gasteiger partial charge is 0.221 e. The number of pyridine rings is 1. The van der Waals surface area contributed by atoms with E-state index in [1.165, 1.54) is 12.1 Å². The first-order valence-corrected chi connectivity index (χ1v) is 10.8. The van der Waals surface area contributed by atoms with Crippen LogP contribution in [0.4, 0.5) is 4.39 Å². The number of carbonyl (C=O) groups excluding carboxylic acids is 1. The third-order valence-corrected chi connectivity index (χ3v) is 6.08. The number of hydrogen-bond acceptors (Lipinski definition) is 3. The van der Waals surface area contributed by atoms with Gasteiger partial charge in [-0.3, -0.25) is 4.79 Å². The predicted octanol–water partition coefficient (Wildman–Crippen LogP) is 5.03. The molecule has 0 saturated carbocycles. The Bertz CT molecular complexity index is 1250. The van der Waals surface area contributed by atoms with E-state index < -0.39 is 11.8 Å². The highest BCUT2D eigenvalue weighted by atomic mass is 35.5. The number of aryl methyl sites for hydroxylation is 1. The second-order valence-electron chi connectivity index (χ2n) is 8.09. The monoisotopic (exact) mass is 450 g/mol. The van der Waals surface area contributed by atoms with Gasteiger partial charge in [0, 0.05) is 17.1 Å². The van der Waals surface area contributed by atoms with Crippen LogP contribution in [0.15, 0.2) is 60.7 Å². The molecule has 7 heteroatoms. The molecule has 1 amide bonds. The number of fused-ring (bicyclic) bond motifs is 1. The third kappa shape index (κ3) is 4.65. The number of amides is 1. The molecule has 2 aromatic carbocycles. The second kappa shape index (κ2) is 9.09. The molecule has 1 unspecified atom stereocenters. The maximum Gasteiger partial charge on any atom is 0.221 e. The number of benzene rings is 2. The molecule has 2 heterocycles. The van der Waals surface area contributed by atoms with Crippen molar-refractivity contribution in [1.29, 1.82) is 0 Å². The van der Waals surface area contributed by atoms with Gasteiger partial charge in [0.25, 0.3) is 0 Å². The van der Waals surface area contributed by atoms with E-state index in [0.717, 1.165) is 28.0 Å². The molecule has 32 heavy (non-hydrogen) atoms. The van der Waals surface area contributed by atoms with Crippen LogP contribution < -0.4 is 5.73 Å². The summed E-state index contributed by atoms with van der Waals surface area (Å²) in [6.07, 6.45) is 0.357. The van der Waals surface area contributed by atoms with Crippen molar-refractivity contribution >= 4 is 28.7 Å². The number of carbonyl (C=O) groups is 1. The van der Waals surface area contributed by atoms with Crippen molar-refractivity contribution in [2.24, 2.45) is 11.7 Å². The first-order valence-electron chi connectivity index (χ1n) is 10.4. The number of hydrogen-bond donors (Lipinski definition) is 1. The normalized spacial score (nSPS) is 13.2. The van der Waals surface area contributed by atoms with Crippen LogP contribution >= 0.6 is 11.6 Å². The summed E-state index contributed by atoms with van der Waals surface area (Å²) in [5.74, 6) is -0.562. The molecule has 0 fully saturated rings. The number of rotatable bonds is 7. The van der Waals surface area contributed by atoms with Gasteiger partial charge in [0.15, 0.2) is 5.65 Å². The van der Waals surface area contributed by atoms with Crippen LogP contribution in [0.1, 0.15) is 35.5 Å². The zero-order chi connectivity index (χ0) is 22.8. The Morgan fingerprint density at radius 1 is 1.06 bits per heavy atom. The zero-order valence-corrected chi connectivity index (χ0v) is 18.7. The van der Waals surface area contributed by atoms with Gasteiger partial charge in [-0.15, -0.1) is 0 Å². The molecule has 0 aliphatic rings. The van der Waals surface area contributed by atoms with Crippen molar-refractivity contribution in [2.45, 2.75) is 32.7 Å². The van der Waals surface area contributed by atoms with Crippen molar-refractivity contribution in [2.75, 3.05) is 0 Å². The fourth-order valence-electron chi connectivity index (χ4n) is 3.96. The predicted molar refractivity (Wildman–Crippen MR) is 124 cm³/mol. The van der Waals surface area contributed by atoms with Crippen LogP contribution in [0.25, 0.3) is 11.2 Å². The van der Waals surface area contributed by atoms with E-state index in [4.69, 9.17) is 22.3 Å². The summed E-state index contributed by atoms with van der Waals surface area (Å²) in [6, 6.07) is 17.6. The molecule has 4 rings (SSSR count). The highest BCUT2D eigenvalue weighted by Crippen LogP contribution is 2.29. The summed E-state index contributed by atoms with van der Waals surface area (Å²) in [7, 11) is 0. The summed E-state index contributed by atoms with van der Waals surface area (Å²) >= 11 is 6.02. The van der Waals surface area contributed by atoms with Gasteiger partial charge in [0.1, 0.15) is 17.2 Å². The maximum absolute atomic E-state index is 13.4. The first-order chi connectivity index (χ1) is 15.3. The van der Waals surface area contributed by atoms with Gasteiger partial charge in [0.2, 0.25) is 5.91 Å². The molecular formula is C25H24ClFN4O. The lowest BCUT2D eigenvalue weighted by molar-refractivity contribution is -0.122. The molecule has 0 bridgehead atoms. The lowest BCUT2D eigenvalue weighted by Crippen LogP contribution is -2.30. The van der Waals surface area contributed by atoms with Crippen molar-refractivity contribution in [3.63, 3.8) is 0 Å². The molecule has 0 aliphatic heterocycles. The van der Waals surface area contributed by atoms with E-state index in [9.17, 15) is 9.18 Å². The minimum atomic E-state index is -0.471. The highest BCUT2D eigenvalue weighted by molar-refractivity contribution is 6.30. The van der Waals surface area contributed by atoms with Crippen LogP contribution in [0.5, 0.6) is 0 Å². The van der Waals surface area contributed by atoms with Crippen LogP contribution in [0, 0.1) is 18.7 Å². The van der Waals surface area contributed by atoms with Crippen LogP contribution in [-0.4, -0.2) is 20.4 Å². The third-order valence-electron chi connectivity index (χ3n) is 5.83. The van der Waals surface area contributed by atoms with Gasteiger partial charge in [-0.2, -0.15) is 0 Å². The van der Waals surface area contributed by atoms with E-state index in [1.807, 2.05) is 54.8 Å². The van der Waals surface area contributed by atoms with Gasteiger partial charge in [0.05, 0.1) is 12.5 Å². The summed E-state index contributed by atoms with van der Waals surface area (Å²) < 4.78 is 15.4. The molecule has 5 nitrogen and oxygen atoms in total. The van der Waals surface area contributed by atoms with Crippen molar-refractivity contribution in [3.05, 3.63) is 94.1 Å². The van der Waals surface area contributed by atoms with E-state index in [-0.39, 0.29) is 11.7 Å². The zero-order valence-electron chi connectivity index (χ0n) is 17.9. The quantitative estimate of drug-likeness (QED) is 0.429. The van der Waals surface area contributed by atoms with Gasteiger partial charge >= 0.3 is 0 Å². The molecule has 4 aromatic rings. The van der Waals surface area contributed by atoms with E-state index in [0.29, 0.717) is 23.8 Å². The molecule has 0 spiro atoms. The van der Waals surface area contributed by atoms with Crippen molar-refractivity contribution in [3.8, 4) is 0 Å². The first kappa shape index (κ1) is 22.0. The lowest BCUT2D eigenvalue weighted by Gasteiger charge is -2.22. The average molecular weight is 451 g/mol. The van der Waals surface area contributed by atoms with Crippen molar-refractivity contribution < 1.29 is 9.18 Å². The Morgan fingerprint density at radius 2 is 1.75 bits per heavy atom. The Kier molecular flexibility index (Phi) is 6.24. The molecule has 0 radical (unpaired) electrons. The Balaban J connectivity index is 1.73. The number of aromatic nitrogens is 3. The summed E-state index contributed by atoms with van der Waals surface area (Å²) in [5.41, 5.74) is 10.1. The van der Waals surface area contributed by atoms with Gasteiger partial charge in [-0.25, -0.2) is 14.4 Å². The average Bonchev–Trinajstić information content (AvgIpc) is 3.09. The number of nitrogens with zero attached hydrogens (tertiary/aromatic N) is 3. The minimum Gasteiger partial charge on any atom is -0.369 e. The number of primary amides is 1. The summed E-state index contributed by atoms with van der Waals surface area (Å²) in [4.78, 5) is 21.9. The lowest BCUT2D eigenvalue weighted by atomic mass is 9.84. The number of halogens is 2. The molecule has 2 aromatic heterocycles. The molecule has 164 valence electrons. The topological polar surface area (TPSA) is 73.8 Å². The van der Waals surface area contributed by atoms with Crippen LogP contribution in [0.2, 0.25) is 5.02 Å². The highest BCUT2D eigenvalue weighted by Gasteiger charge is 2.27.